The van der Waals surface area contributed by atoms with Gasteiger partial charge in [-0.25, -0.2) is 13.1 Å². The van der Waals surface area contributed by atoms with Crippen LogP contribution in [-0.4, -0.2) is 33.5 Å². The van der Waals surface area contributed by atoms with Gasteiger partial charge < -0.3 is 4.74 Å². The zero-order valence-corrected chi connectivity index (χ0v) is 11.6. The molecule has 104 valence electrons. The van der Waals surface area contributed by atoms with Crippen molar-refractivity contribution >= 4 is 15.8 Å². The molecule has 1 heterocycles. The van der Waals surface area contributed by atoms with E-state index < -0.39 is 10.0 Å². The maximum Gasteiger partial charge on any atom is 0.240 e. The first-order valence-electron chi connectivity index (χ1n) is 6.21. The van der Waals surface area contributed by atoms with Crippen molar-refractivity contribution in [1.82, 2.24) is 4.72 Å². The van der Waals surface area contributed by atoms with Gasteiger partial charge in [-0.2, -0.15) is 0 Å². The Morgan fingerprint density at radius 2 is 2.05 bits per heavy atom. The molecule has 0 aromatic heterocycles. The molecule has 0 amide bonds. The van der Waals surface area contributed by atoms with E-state index >= 15 is 0 Å². The van der Waals surface area contributed by atoms with Gasteiger partial charge in [0.25, 0.3) is 0 Å². The van der Waals surface area contributed by atoms with Crippen molar-refractivity contribution in [2.75, 3.05) is 13.2 Å². The Hall–Kier alpha value is -1.24. The van der Waals surface area contributed by atoms with Crippen LogP contribution in [-0.2, 0) is 14.8 Å². The fourth-order valence-corrected chi connectivity index (χ4v) is 3.03. The second kappa shape index (κ2) is 5.81. The van der Waals surface area contributed by atoms with Crippen molar-refractivity contribution in [2.24, 2.45) is 0 Å². The molecule has 1 N–H and O–H groups in total. The van der Waals surface area contributed by atoms with Crippen molar-refractivity contribution in [3.05, 3.63) is 29.8 Å². The number of ketones is 1. The van der Waals surface area contributed by atoms with Crippen LogP contribution in [0.3, 0.4) is 0 Å². The minimum atomic E-state index is -3.53. The summed E-state index contributed by atoms with van der Waals surface area (Å²) in [6.45, 7) is 2.43. The first-order chi connectivity index (χ1) is 8.99. The molecule has 0 bridgehead atoms. The van der Waals surface area contributed by atoms with E-state index in [9.17, 15) is 13.2 Å². The number of carbonyl (C=O) groups is 1. The Kier molecular flexibility index (Phi) is 4.34. The number of Topliss-reactive ketones (excluding diaryl/α,β-unsaturated/α-hetero) is 1. The molecule has 0 spiro atoms. The van der Waals surface area contributed by atoms with Crippen molar-refractivity contribution in [2.45, 2.75) is 30.8 Å². The van der Waals surface area contributed by atoms with Crippen LogP contribution in [0.15, 0.2) is 29.2 Å². The monoisotopic (exact) mass is 283 g/mol. The highest BCUT2D eigenvalue weighted by Crippen LogP contribution is 2.14. The average molecular weight is 283 g/mol. The van der Waals surface area contributed by atoms with E-state index in [1.165, 1.54) is 31.2 Å². The maximum absolute atomic E-state index is 12.0. The van der Waals surface area contributed by atoms with Crippen molar-refractivity contribution in [3.8, 4) is 0 Å². The predicted molar refractivity (Wildman–Crippen MR) is 70.6 cm³/mol. The molecule has 0 radical (unpaired) electrons. The SMILES string of the molecule is CC(=O)c1ccc(S(=O)(=O)NC[C@@H]2CCCO2)cc1. The third kappa shape index (κ3) is 3.62. The molecule has 0 aliphatic carbocycles. The number of rotatable bonds is 5. The number of hydrogen-bond acceptors (Lipinski definition) is 4. The number of sulfonamides is 1. The third-order valence-corrected chi connectivity index (χ3v) is 4.54. The van der Waals surface area contributed by atoms with Crippen LogP contribution in [0, 0.1) is 0 Å². The van der Waals surface area contributed by atoms with Gasteiger partial charge in [-0.15, -0.1) is 0 Å². The Labute approximate surface area is 113 Å². The summed E-state index contributed by atoms with van der Waals surface area (Å²) < 4.78 is 31.9. The topological polar surface area (TPSA) is 72.5 Å². The maximum atomic E-state index is 12.0. The van der Waals surface area contributed by atoms with Gasteiger partial charge in [-0.1, -0.05) is 12.1 Å². The van der Waals surface area contributed by atoms with E-state index in [0.717, 1.165) is 12.8 Å². The number of nitrogens with one attached hydrogen (secondary N) is 1. The summed E-state index contributed by atoms with van der Waals surface area (Å²) in [5.41, 5.74) is 0.498. The molecule has 0 saturated carbocycles. The second-order valence-corrected chi connectivity index (χ2v) is 6.33. The molecule has 5 nitrogen and oxygen atoms in total. The molecule has 2 rings (SSSR count). The van der Waals surface area contributed by atoms with Gasteiger partial charge >= 0.3 is 0 Å². The standard InChI is InChI=1S/C13H17NO4S/c1-10(15)11-4-6-13(7-5-11)19(16,17)14-9-12-3-2-8-18-12/h4-7,12,14H,2-3,8-9H2,1H3/t12-/m0/s1. The van der Waals surface area contributed by atoms with Crippen LogP contribution >= 0.6 is 0 Å². The lowest BCUT2D eigenvalue weighted by molar-refractivity contribution is 0.101. The molecule has 1 saturated heterocycles. The fraction of sp³-hybridized carbons (Fsp3) is 0.462. The first-order valence-corrected chi connectivity index (χ1v) is 7.69. The molecule has 1 atom stereocenters. The van der Waals surface area contributed by atoms with Gasteiger partial charge in [0.15, 0.2) is 5.78 Å². The zero-order chi connectivity index (χ0) is 13.9. The molecule has 1 fully saturated rings. The molecular formula is C13H17NO4S. The lowest BCUT2D eigenvalue weighted by Crippen LogP contribution is -2.31. The quantitative estimate of drug-likeness (QED) is 0.828. The highest BCUT2D eigenvalue weighted by Gasteiger charge is 2.20. The fourth-order valence-electron chi connectivity index (χ4n) is 1.96. The largest absolute Gasteiger partial charge is 0.377 e. The second-order valence-electron chi connectivity index (χ2n) is 4.57. The van der Waals surface area contributed by atoms with E-state index in [-0.39, 0.29) is 23.3 Å². The highest BCUT2D eigenvalue weighted by atomic mass is 32.2. The number of ether oxygens (including phenoxy) is 1. The van der Waals surface area contributed by atoms with Gasteiger partial charge in [-0.05, 0) is 31.9 Å². The molecular weight excluding hydrogens is 266 g/mol. The summed E-state index contributed by atoms with van der Waals surface area (Å²) in [6, 6.07) is 5.91. The van der Waals surface area contributed by atoms with Crippen LogP contribution in [0.1, 0.15) is 30.1 Å². The lowest BCUT2D eigenvalue weighted by Gasteiger charge is -2.11. The molecule has 1 aromatic rings. The smallest absolute Gasteiger partial charge is 0.240 e. The van der Waals surface area contributed by atoms with Gasteiger partial charge in [0, 0.05) is 18.7 Å². The summed E-state index contributed by atoms with van der Waals surface area (Å²) in [7, 11) is -3.53. The minimum absolute atomic E-state index is 0.0359. The first kappa shape index (κ1) is 14.2. The Morgan fingerprint density at radius 1 is 1.37 bits per heavy atom. The zero-order valence-electron chi connectivity index (χ0n) is 10.8. The van der Waals surface area contributed by atoms with Crippen LogP contribution in [0.4, 0.5) is 0 Å². The molecule has 1 aliphatic heterocycles. The summed E-state index contributed by atoms with van der Waals surface area (Å²) in [4.78, 5) is 11.3. The van der Waals surface area contributed by atoms with E-state index in [2.05, 4.69) is 4.72 Å². The van der Waals surface area contributed by atoms with Crippen LogP contribution in [0.25, 0.3) is 0 Å². The van der Waals surface area contributed by atoms with Crippen molar-refractivity contribution in [1.29, 1.82) is 0 Å². The molecule has 0 unspecified atom stereocenters. The summed E-state index contributed by atoms with van der Waals surface area (Å²) in [6.07, 6.45) is 1.82. The lowest BCUT2D eigenvalue weighted by atomic mass is 10.2. The Morgan fingerprint density at radius 3 is 2.58 bits per heavy atom. The van der Waals surface area contributed by atoms with E-state index in [1.54, 1.807) is 0 Å². The van der Waals surface area contributed by atoms with Gasteiger partial charge in [0.05, 0.1) is 11.0 Å². The number of benzene rings is 1. The highest BCUT2D eigenvalue weighted by molar-refractivity contribution is 7.89. The number of carbonyl (C=O) groups excluding carboxylic acids is 1. The molecule has 1 aromatic carbocycles. The molecule has 19 heavy (non-hydrogen) atoms. The normalized spacial score (nSPS) is 19.5. The molecule has 1 aliphatic rings. The third-order valence-electron chi connectivity index (χ3n) is 3.10. The average Bonchev–Trinajstić information content (AvgIpc) is 2.90. The van der Waals surface area contributed by atoms with Crippen LogP contribution in [0.5, 0.6) is 0 Å². The van der Waals surface area contributed by atoms with E-state index in [4.69, 9.17) is 4.74 Å². The van der Waals surface area contributed by atoms with E-state index in [0.29, 0.717) is 12.2 Å². The summed E-state index contributed by atoms with van der Waals surface area (Å²) in [5.74, 6) is -0.0868. The minimum Gasteiger partial charge on any atom is -0.377 e. The summed E-state index contributed by atoms with van der Waals surface area (Å²) in [5, 5.41) is 0. The van der Waals surface area contributed by atoms with Crippen LogP contribution in [0.2, 0.25) is 0 Å². The van der Waals surface area contributed by atoms with E-state index in [1.807, 2.05) is 0 Å². The Balaban J connectivity index is 2.03. The van der Waals surface area contributed by atoms with Gasteiger partial charge in [0.1, 0.15) is 0 Å². The number of hydrogen-bond donors (Lipinski definition) is 1. The van der Waals surface area contributed by atoms with Gasteiger partial charge in [0.2, 0.25) is 10.0 Å². The summed E-state index contributed by atoms with van der Waals surface area (Å²) >= 11 is 0. The Bertz CT molecular complexity index is 545. The predicted octanol–water partition coefficient (Wildman–Crippen LogP) is 1.35. The van der Waals surface area contributed by atoms with Gasteiger partial charge in [-0.3, -0.25) is 4.79 Å². The van der Waals surface area contributed by atoms with Crippen molar-refractivity contribution < 1.29 is 17.9 Å². The van der Waals surface area contributed by atoms with Crippen molar-refractivity contribution in [3.63, 3.8) is 0 Å². The van der Waals surface area contributed by atoms with Crippen LogP contribution < -0.4 is 4.72 Å². The molecule has 6 heteroatoms.